The SMILES string of the molecule is C=S1(=O)NC(=O)c2ccc3c(c2)N(C[C@@H]2CC[C@H]2[C@](OC)(c2cnccn2)/C=C/C[C@H](C)[C@H]1C)C[C@@]1(CCCc2cc(Cl)ccc21)CO3. The second-order valence-electron chi connectivity index (χ2n) is 14.3. The molecule has 1 saturated carbocycles. The lowest BCUT2D eigenvalue weighted by Gasteiger charge is -2.50. The second-order valence-corrected chi connectivity index (χ2v) is 17.1. The number of ether oxygens (including phenoxy) is 2. The Morgan fingerprint density at radius 2 is 2.02 bits per heavy atom. The molecule has 254 valence electrons. The standard InChI is InChI=1S/C38H45ClN4O4S/c1-25-7-5-16-38(46-3,35-21-40-17-18-41-35)32-12-9-29(32)22-43-23-37(15-6-8-27-19-30(39)11-13-31(27)37)24-47-34-14-10-28(20-33(34)43)36(44)42-48(4,45)26(25)2/h5,10-11,13-14,16-21,25-26,29,32H,4,6-9,12,15,22-24H2,1-3H3,(H,42,44,45)/b16-5+/t25-,26+,29-,32+,37-,38-,48?/m0/s1. The summed E-state index contributed by atoms with van der Waals surface area (Å²) in [6, 6.07) is 11.8. The highest BCUT2D eigenvalue weighted by Gasteiger charge is 2.50. The van der Waals surface area contributed by atoms with Gasteiger partial charge in [0.2, 0.25) is 0 Å². The summed E-state index contributed by atoms with van der Waals surface area (Å²) in [5.74, 6) is 4.76. The van der Waals surface area contributed by atoms with Gasteiger partial charge in [0.25, 0.3) is 5.91 Å². The van der Waals surface area contributed by atoms with Crippen molar-refractivity contribution < 1.29 is 18.5 Å². The first-order valence-electron chi connectivity index (χ1n) is 17.0. The average Bonchev–Trinajstić information content (AvgIpc) is 3.22. The summed E-state index contributed by atoms with van der Waals surface area (Å²) < 4.78 is 29.9. The second kappa shape index (κ2) is 12.8. The molecule has 2 aromatic carbocycles. The van der Waals surface area contributed by atoms with Crippen molar-refractivity contribution >= 4 is 38.8 Å². The number of aromatic nitrogens is 2. The minimum atomic E-state index is -2.97. The molecule has 2 aliphatic heterocycles. The highest BCUT2D eigenvalue weighted by molar-refractivity contribution is 7.99. The van der Waals surface area contributed by atoms with Gasteiger partial charge in [-0.25, -0.2) is 4.21 Å². The zero-order valence-corrected chi connectivity index (χ0v) is 29.6. The molecule has 7 rings (SSSR count). The molecule has 3 aromatic rings. The largest absolute Gasteiger partial charge is 0.490 e. The van der Waals surface area contributed by atoms with E-state index in [2.05, 4.69) is 44.8 Å². The van der Waals surface area contributed by atoms with E-state index in [1.165, 1.54) is 11.1 Å². The van der Waals surface area contributed by atoms with Crippen LogP contribution >= 0.6 is 11.6 Å². The van der Waals surface area contributed by atoms with Gasteiger partial charge < -0.3 is 14.4 Å². The number of nitrogens with zero attached hydrogens (tertiary/aromatic N) is 3. The van der Waals surface area contributed by atoms with Crippen LogP contribution in [0.2, 0.25) is 5.02 Å². The van der Waals surface area contributed by atoms with E-state index in [-0.39, 0.29) is 28.4 Å². The van der Waals surface area contributed by atoms with Gasteiger partial charge in [0.15, 0.2) is 0 Å². The molecule has 48 heavy (non-hydrogen) atoms. The van der Waals surface area contributed by atoms with E-state index < -0.39 is 21.2 Å². The van der Waals surface area contributed by atoms with Gasteiger partial charge in [0, 0.05) is 59.8 Å². The van der Waals surface area contributed by atoms with Crippen molar-refractivity contribution in [2.24, 2.45) is 17.8 Å². The summed E-state index contributed by atoms with van der Waals surface area (Å²) in [4.78, 5) is 25.3. The van der Waals surface area contributed by atoms with Crippen LogP contribution in [0, 0.1) is 17.8 Å². The monoisotopic (exact) mass is 688 g/mol. The molecule has 2 bridgehead atoms. The van der Waals surface area contributed by atoms with Crippen molar-refractivity contribution in [3.8, 4) is 5.75 Å². The van der Waals surface area contributed by atoms with Gasteiger partial charge in [0.05, 0.1) is 33.9 Å². The molecule has 1 spiro atoms. The van der Waals surface area contributed by atoms with Crippen LogP contribution in [0.15, 0.2) is 67.1 Å². The number of benzene rings is 2. The number of allylic oxidation sites excluding steroid dienone is 1. The summed E-state index contributed by atoms with van der Waals surface area (Å²) in [7, 11) is -1.21. The van der Waals surface area contributed by atoms with Gasteiger partial charge in [0.1, 0.15) is 11.4 Å². The van der Waals surface area contributed by atoms with Crippen LogP contribution in [0.25, 0.3) is 0 Å². The number of carbonyl (C=O) groups is 1. The number of nitrogens with one attached hydrogen (secondary N) is 1. The Balaban J connectivity index is 1.36. The highest BCUT2D eigenvalue weighted by atomic mass is 35.5. The normalized spacial score (nSPS) is 34.1. The van der Waals surface area contributed by atoms with E-state index >= 15 is 0 Å². The molecule has 0 radical (unpaired) electrons. The highest BCUT2D eigenvalue weighted by Crippen LogP contribution is 2.51. The third-order valence-corrected chi connectivity index (χ3v) is 14.0. The summed E-state index contributed by atoms with van der Waals surface area (Å²) in [5, 5.41) is 0.379. The molecule has 10 heteroatoms. The Morgan fingerprint density at radius 3 is 2.77 bits per heavy atom. The Kier molecular flexibility index (Phi) is 8.84. The van der Waals surface area contributed by atoms with Crippen molar-refractivity contribution in [2.75, 3.05) is 31.7 Å². The summed E-state index contributed by atoms with van der Waals surface area (Å²) >= 11 is 6.47. The minimum absolute atomic E-state index is 0.0200. The van der Waals surface area contributed by atoms with Crippen molar-refractivity contribution in [3.63, 3.8) is 0 Å². The minimum Gasteiger partial charge on any atom is -0.490 e. The molecule has 4 aliphatic rings. The number of fused-ring (bicyclic) bond motifs is 4. The van der Waals surface area contributed by atoms with Gasteiger partial charge in [-0.3, -0.25) is 19.5 Å². The lowest BCUT2D eigenvalue weighted by Crippen LogP contribution is -2.52. The summed E-state index contributed by atoms with van der Waals surface area (Å²) in [5.41, 5.74) is 3.62. The van der Waals surface area contributed by atoms with Crippen LogP contribution in [-0.2, 0) is 31.9 Å². The first-order chi connectivity index (χ1) is 23.0. The molecule has 8 nitrogen and oxygen atoms in total. The lowest BCUT2D eigenvalue weighted by atomic mass is 9.63. The first kappa shape index (κ1) is 33.1. The molecule has 1 N–H and O–H groups in total. The molecular weight excluding hydrogens is 644 g/mol. The zero-order valence-electron chi connectivity index (χ0n) is 28.0. The maximum Gasteiger partial charge on any atom is 0.262 e. The zero-order chi connectivity index (χ0) is 33.7. The molecule has 7 atom stereocenters. The fraction of sp³-hybridized carbons (Fsp3) is 0.474. The van der Waals surface area contributed by atoms with Crippen LogP contribution in [-0.4, -0.2) is 58.0 Å². The maximum atomic E-state index is 13.9. The van der Waals surface area contributed by atoms with E-state index in [1.54, 1.807) is 25.6 Å². The van der Waals surface area contributed by atoms with Crippen molar-refractivity contribution in [2.45, 2.75) is 68.6 Å². The van der Waals surface area contributed by atoms with Gasteiger partial charge >= 0.3 is 0 Å². The van der Waals surface area contributed by atoms with E-state index in [9.17, 15) is 9.00 Å². The molecular formula is C38H45ClN4O4S. The fourth-order valence-electron chi connectivity index (χ4n) is 8.45. The summed E-state index contributed by atoms with van der Waals surface area (Å²) in [6.45, 7) is 5.94. The predicted molar refractivity (Wildman–Crippen MR) is 192 cm³/mol. The van der Waals surface area contributed by atoms with E-state index in [4.69, 9.17) is 26.1 Å². The number of methoxy groups -OCH3 is 1. The Labute approximate surface area is 289 Å². The number of amides is 1. The molecule has 2 aliphatic carbocycles. The number of hydrogen-bond donors (Lipinski definition) is 1. The smallest absolute Gasteiger partial charge is 0.262 e. The number of hydrogen-bond acceptors (Lipinski definition) is 7. The van der Waals surface area contributed by atoms with Gasteiger partial charge in [-0.2, -0.15) is 0 Å². The molecule has 1 amide bonds. The lowest BCUT2D eigenvalue weighted by molar-refractivity contribution is -0.0833. The maximum absolute atomic E-state index is 13.9. The summed E-state index contributed by atoms with van der Waals surface area (Å²) in [6.07, 6.45) is 15.2. The molecule has 1 aromatic heterocycles. The Bertz CT molecular complexity index is 1840. The van der Waals surface area contributed by atoms with Crippen molar-refractivity contribution in [1.82, 2.24) is 14.7 Å². The number of carbonyl (C=O) groups excluding carboxylic acids is 1. The van der Waals surface area contributed by atoms with E-state index in [0.717, 1.165) is 67.3 Å². The molecule has 1 unspecified atom stereocenters. The molecule has 3 heterocycles. The van der Waals surface area contributed by atoms with Gasteiger partial charge in [-0.1, -0.05) is 36.7 Å². The van der Waals surface area contributed by atoms with Crippen LogP contribution in [0.1, 0.15) is 73.1 Å². The van der Waals surface area contributed by atoms with Crippen molar-refractivity contribution in [1.29, 1.82) is 0 Å². The van der Waals surface area contributed by atoms with Crippen LogP contribution < -0.4 is 14.4 Å². The van der Waals surface area contributed by atoms with Crippen LogP contribution in [0.5, 0.6) is 5.75 Å². The van der Waals surface area contributed by atoms with E-state index in [0.29, 0.717) is 18.6 Å². The number of aryl methyl sites for hydroxylation is 1. The van der Waals surface area contributed by atoms with Gasteiger partial charge in [-0.05, 0) is 105 Å². The van der Waals surface area contributed by atoms with E-state index in [1.807, 2.05) is 38.2 Å². The average molecular weight is 689 g/mol. The number of anilines is 1. The fourth-order valence-corrected chi connectivity index (χ4v) is 10.1. The molecule has 0 saturated heterocycles. The third kappa shape index (κ3) is 5.81. The Hall–Kier alpha value is -3.40. The quantitative estimate of drug-likeness (QED) is 0.242. The Morgan fingerprint density at radius 1 is 1.17 bits per heavy atom. The number of halogens is 1. The van der Waals surface area contributed by atoms with Crippen LogP contribution in [0.4, 0.5) is 5.69 Å². The topological polar surface area (TPSA) is 93.7 Å². The van der Waals surface area contributed by atoms with Gasteiger partial charge in [-0.15, -0.1) is 0 Å². The van der Waals surface area contributed by atoms with Crippen LogP contribution in [0.3, 0.4) is 0 Å². The van der Waals surface area contributed by atoms with Crippen molar-refractivity contribution in [3.05, 3.63) is 94.5 Å². The third-order valence-electron chi connectivity index (χ3n) is 11.6. The molecule has 1 fully saturated rings. The number of rotatable bonds is 2. The predicted octanol–water partition coefficient (Wildman–Crippen LogP) is 6.52. The first-order valence-corrected chi connectivity index (χ1v) is 19.2.